The molecule has 0 aliphatic heterocycles. The highest BCUT2D eigenvalue weighted by molar-refractivity contribution is 5.46. The molecule has 16 heavy (non-hydrogen) atoms. The van der Waals surface area contributed by atoms with Crippen molar-refractivity contribution in [2.75, 3.05) is 12.3 Å². The summed E-state index contributed by atoms with van der Waals surface area (Å²) in [7, 11) is 0. The van der Waals surface area contributed by atoms with Crippen LogP contribution in [0.3, 0.4) is 0 Å². The number of anilines is 1. The maximum atomic E-state index is 5.82. The third-order valence-electron chi connectivity index (χ3n) is 2.40. The summed E-state index contributed by atoms with van der Waals surface area (Å²) in [5.74, 6) is 0.848. The Hall–Kier alpha value is -1.74. The quantitative estimate of drug-likeness (QED) is 0.618. The van der Waals surface area contributed by atoms with Crippen molar-refractivity contribution in [2.45, 2.75) is 13.0 Å². The zero-order valence-electron chi connectivity index (χ0n) is 9.06. The summed E-state index contributed by atoms with van der Waals surface area (Å²) in [6.45, 7) is 1.16. The Morgan fingerprint density at radius 2 is 2.00 bits per heavy atom. The van der Waals surface area contributed by atoms with Gasteiger partial charge in [-0.1, -0.05) is 18.2 Å². The van der Waals surface area contributed by atoms with Gasteiger partial charge in [-0.2, -0.15) is 0 Å². The van der Waals surface area contributed by atoms with Crippen LogP contribution in [0.25, 0.3) is 0 Å². The fourth-order valence-corrected chi connectivity index (χ4v) is 1.51. The zero-order chi connectivity index (χ0) is 11.2. The fourth-order valence-electron chi connectivity index (χ4n) is 1.51. The van der Waals surface area contributed by atoms with E-state index in [1.807, 2.05) is 36.4 Å². The van der Waals surface area contributed by atoms with Crippen molar-refractivity contribution in [3.8, 4) is 0 Å². The lowest BCUT2D eigenvalue weighted by Crippen LogP contribution is -2.01. The van der Waals surface area contributed by atoms with E-state index in [1.54, 1.807) is 6.26 Å². The van der Waals surface area contributed by atoms with Gasteiger partial charge in [0.25, 0.3) is 0 Å². The van der Waals surface area contributed by atoms with Crippen LogP contribution in [0.1, 0.15) is 11.3 Å². The summed E-state index contributed by atoms with van der Waals surface area (Å²) < 4.78 is 10.6. The molecule has 3 heteroatoms. The maximum Gasteiger partial charge on any atom is 0.129 e. The highest BCUT2D eigenvalue weighted by Crippen LogP contribution is 2.11. The Bertz CT molecular complexity index is 423. The highest BCUT2D eigenvalue weighted by atomic mass is 16.5. The van der Waals surface area contributed by atoms with Gasteiger partial charge in [-0.25, -0.2) is 0 Å². The minimum absolute atomic E-state index is 0.514. The van der Waals surface area contributed by atoms with Gasteiger partial charge in [-0.15, -0.1) is 0 Å². The number of nitrogens with two attached hydrogens (primary N) is 1. The minimum Gasteiger partial charge on any atom is -0.467 e. The molecule has 0 aliphatic carbocycles. The van der Waals surface area contributed by atoms with Crippen molar-refractivity contribution in [3.05, 3.63) is 54.0 Å². The molecule has 0 fully saturated rings. The van der Waals surface area contributed by atoms with Crippen molar-refractivity contribution in [2.24, 2.45) is 0 Å². The molecule has 0 saturated carbocycles. The Kier molecular flexibility index (Phi) is 3.62. The molecule has 0 saturated heterocycles. The lowest BCUT2D eigenvalue weighted by atomic mass is 10.1. The van der Waals surface area contributed by atoms with Gasteiger partial charge >= 0.3 is 0 Å². The van der Waals surface area contributed by atoms with E-state index in [4.69, 9.17) is 14.9 Å². The normalized spacial score (nSPS) is 10.5. The van der Waals surface area contributed by atoms with Crippen LogP contribution in [-0.4, -0.2) is 6.61 Å². The largest absolute Gasteiger partial charge is 0.467 e. The topological polar surface area (TPSA) is 48.4 Å². The second-order valence-corrected chi connectivity index (χ2v) is 3.58. The van der Waals surface area contributed by atoms with Crippen LogP contribution in [0.4, 0.5) is 5.69 Å². The number of rotatable bonds is 5. The highest BCUT2D eigenvalue weighted by Gasteiger charge is 1.99. The fraction of sp³-hybridized carbons (Fsp3) is 0.231. The molecule has 84 valence electrons. The van der Waals surface area contributed by atoms with Gasteiger partial charge in [-0.05, 0) is 30.2 Å². The smallest absolute Gasteiger partial charge is 0.129 e. The van der Waals surface area contributed by atoms with Crippen LogP contribution >= 0.6 is 0 Å². The first-order chi connectivity index (χ1) is 7.86. The van der Waals surface area contributed by atoms with E-state index in [0.29, 0.717) is 13.2 Å². The predicted molar refractivity (Wildman–Crippen MR) is 62.9 cm³/mol. The van der Waals surface area contributed by atoms with Crippen molar-refractivity contribution in [1.82, 2.24) is 0 Å². The third-order valence-corrected chi connectivity index (χ3v) is 2.40. The Morgan fingerprint density at radius 3 is 2.75 bits per heavy atom. The number of para-hydroxylation sites is 1. The summed E-state index contributed by atoms with van der Waals surface area (Å²) in [5, 5.41) is 0. The lowest BCUT2D eigenvalue weighted by Gasteiger charge is -2.05. The van der Waals surface area contributed by atoms with E-state index < -0.39 is 0 Å². The van der Waals surface area contributed by atoms with Crippen molar-refractivity contribution in [3.63, 3.8) is 0 Å². The monoisotopic (exact) mass is 217 g/mol. The number of hydrogen-bond donors (Lipinski definition) is 1. The zero-order valence-corrected chi connectivity index (χ0v) is 9.06. The number of hydrogen-bond acceptors (Lipinski definition) is 3. The predicted octanol–water partition coefficient (Wildman–Crippen LogP) is 2.62. The average Bonchev–Trinajstić information content (AvgIpc) is 2.79. The molecular formula is C13H15NO2. The molecule has 1 aromatic heterocycles. The first-order valence-corrected chi connectivity index (χ1v) is 5.30. The first kappa shape index (κ1) is 10.8. The molecule has 1 heterocycles. The average molecular weight is 217 g/mol. The van der Waals surface area contributed by atoms with Gasteiger partial charge in [0.05, 0.1) is 12.9 Å². The van der Waals surface area contributed by atoms with Gasteiger partial charge in [0.15, 0.2) is 0 Å². The van der Waals surface area contributed by atoms with Crippen LogP contribution in [0.5, 0.6) is 0 Å². The molecular weight excluding hydrogens is 202 g/mol. The molecule has 0 spiro atoms. The summed E-state index contributed by atoms with van der Waals surface area (Å²) >= 11 is 0. The maximum absolute atomic E-state index is 5.82. The number of nitrogen functional groups attached to an aromatic ring is 1. The van der Waals surface area contributed by atoms with Gasteiger partial charge in [0.2, 0.25) is 0 Å². The SMILES string of the molecule is Nc1ccccc1CCOCc1ccco1. The molecule has 0 unspecified atom stereocenters. The van der Waals surface area contributed by atoms with E-state index in [0.717, 1.165) is 23.4 Å². The minimum atomic E-state index is 0.514. The van der Waals surface area contributed by atoms with Crippen LogP contribution in [0, 0.1) is 0 Å². The van der Waals surface area contributed by atoms with E-state index in [9.17, 15) is 0 Å². The first-order valence-electron chi connectivity index (χ1n) is 5.30. The van der Waals surface area contributed by atoms with Gasteiger partial charge < -0.3 is 14.9 Å². The lowest BCUT2D eigenvalue weighted by molar-refractivity contribution is 0.109. The molecule has 0 bridgehead atoms. The van der Waals surface area contributed by atoms with Crippen molar-refractivity contribution in [1.29, 1.82) is 0 Å². The van der Waals surface area contributed by atoms with Gasteiger partial charge in [0.1, 0.15) is 12.4 Å². The van der Waals surface area contributed by atoms with Crippen LogP contribution in [0.15, 0.2) is 47.1 Å². The summed E-state index contributed by atoms with van der Waals surface area (Å²) in [5.41, 5.74) is 7.77. The van der Waals surface area contributed by atoms with E-state index in [2.05, 4.69) is 0 Å². The molecule has 0 atom stereocenters. The second-order valence-electron chi connectivity index (χ2n) is 3.58. The molecule has 0 aliphatic rings. The molecule has 2 aromatic rings. The molecule has 1 aromatic carbocycles. The third kappa shape index (κ3) is 2.87. The number of furan rings is 1. The van der Waals surface area contributed by atoms with E-state index in [-0.39, 0.29) is 0 Å². The van der Waals surface area contributed by atoms with Crippen molar-refractivity contribution < 1.29 is 9.15 Å². The Labute approximate surface area is 94.8 Å². The van der Waals surface area contributed by atoms with Crippen LogP contribution in [0.2, 0.25) is 0 Å². The number of benzene rings is 1. The van der Waals surface area contributed by atoms with Crippen LogP contribution in [-0.2, 0) is 17.8 Å². The van der Waals surface area contributed by atoms with Gasteiger partial charge in [0, 0.05) is 5.69 Å². The summed E-state index contributed by atoms with van der Waals surface area (Å²) in [6.07, 6.45) is 2.47. The molecule has 2 N–H and O–H groups in total. The molecule has 0 amide bonds. The second kappa shape index (κ2) is 5.37. The van der Waals surface area contributed by atoms with E-state index in [1.165, 1.54) is 0 Å². The number of ether oxygens (including phenoxy) is 1. The Balaban J connectivity index is 1.74. The Morgan fingerprint density at radius 1 is 1.12 bits per heavy atom. The molecule has 2 rings (SSSR count). The molecule has 3 nitrogen and oxygen atoms in total. The van der Waals surface area contributed by atoms with Crippen molar-refractivity contribution >= 4 is 5.69 Å². The molecule has 0 radical (unpaired) electrons. The van der Waals surface area contributed by atoms with Gasteiger partial charge in [-0.3, -0.25) is 0 Å². The summed E-state index contributed by atoms with van der Waals surface area (Å²) in [4.78, 5) is 0. The van der Waals surface area contributed by atoms with Crippen LogP contribution < -0.4 is 5.73 Å². The standard InChI is InChI=1S/C13H15NO2/c14-13-6-2-1-4-11(13)7-9-15-10-12-5-3-8-16-12/h1-6,8H,7,9-10,14H2. The summed E-state index contributed by atoms with van der Waals surface area (Å²) in [6, 6.07) is 11.6. The van der Waals surface area contributed by atoms with E-state index >= 15 is 0 Å².